The fourth-order valence-electron chi connectivity index (χ4n) is 4.11. The summed E-state index contributed by atoms with van der Waals surface area (Å²) in [5.41, 5.74) is 10.4. The number of allylic oxidation sites excluding steroid dienone is 4. The molecule has 1 aliphatic heterocycles. The van der Waals surface area contributed by atoms with E-state index in [9.17, 15) is 9.59 Å². The van der Waals surface area contributed by atoms with E-state index in [0.717, 1.165) is 22.3 Å². The summed E-state index contributed by atoms with van der Waals surface area (Å²) in [7, 11) is 1.82. The van der Waals surface area contributed by atoms with Gasteiger partial charge < -0.3 is 16.0 Å². The van der Waals surface area contributed by atoms with Crippen molar-refractivity contribution in [3.05, 3.63) is 97.0 Å². The smallest absolute Gasteiger partial charge is 0.255 e. The molecule has 1 aromatic carbocycles. The second-order valence-corrected chi connectivity index (χ2v) is 8.41. The van der Waals surface area contributed by atoms with Crippen LogP contribution in [0.15, 0.2) is 80.3 Å². The third-order valence-corrected chi connectivity index (χ3v) is 5.99. The number of hydrogen-bond donors (Lipinski definition) is 2. The molecule has 35 heavy (non-hydrogen) atoms. The molecule has 0 unspecified atom stereocenters. The number of nitrogens with one attached hydrogen (secondary N) is 1. The molecule has 3 N–H and O–H groups in total. The maximum atomic E-state index is 13.0. The van der Waals surface area contributed by atoms with Gasteiger partial charge >= 0.3 is 0 Å². The van der Waals surface area contributed by atoms with Crippen molar-refractivity contribution < 1.29 is 9.59 Å². The lowest BCUT2D eigenvalue weighted by atomic mass is 10.0. The lowest BCUT2D eigenvalue weighted by Crippen LogP contribution is -2.38. The summed E-state index contributed by atoms with van der Waals surface area (Å²) in [6.45, 7) is 8.52. The van der Waals surface area contributed by atoms with Gasteiger partial charge in [0.05, 0.1) is 11.8 Å². The van der Waals surface area contributed by atoms with Crippen LogP contribution in [0.2, 0.25) is 0 Å². The van der Waals surface area contributed by atoms with Crippen LogP contribution in [0.5, 0.6) is 0 Å². The maximum absolute atomic E-state index is 13.0. The van der Waals surface area contributed by atoms with E-state index in [2.05, 4.69) is 28.6 Å². The van der Waals surface area contributed by atoms with Gasteiger partial charge in [0.2, 0.25) is 0 Å². The maximum Gasteiger partial charge on any atom is 0.255 e. The van der Waals surface area contributed by atoms with Crippen molar-refractivity contribution in [3.8, 4) is 11.1 Å². The number of nitrogens with two attached hydrogens (primary N) is 1. The predicted molar refractivity (Wildman–Crippen MR) is 137 cm³/mol. The first-order valence-corrected chi connectivity index (χ1v) is 11.3. The van der Waals surface area contributed by atoms with Gasteiger partial charge in [-0.1, -0.05) is 43.5 Å². The molecule has 1 atom stereocenters. The van der Waals surface area contributed by atoms with Gasteiger partial charge in [0.25, 0.3) is 11.8 Å². The Morgan fingerprint density at radius 2 is 1.89 bits per heavy atom. The quantitative estimate of drug-likeness (QED) is 0.517. The summed E-state index contributed by atoms with van der Waals surface area (Å²) in [6, 6.07) is 8.94. The average Bonchev–Trinajstić information content (AvgIpc) is 3.51. The van der Waals surface area contributed by atoms with E-state index in [4.69, 9.17) is 5.73 Å². The minimum absolute atomic E-state index is 0.0686. The molecule has 1 aliphatic rings. The monoisotopic (exact) mass is 468 g/mol. The van der Waals surface area contributed by atoms with E-state index in [1.54, 1.807) is 52.3 Å². The van der Waals surface area contributed by atoms with E-state index in [1.807, 2.05) is 31.5 Å². The van der Waals surface area contributed by atoms with Gasteiger partial charge in [-0.25, -0.2) is 4.98 Å². The molecule has 3 heterocycles. The van der Waals surface area contributed by atoms with Gasteiger partial charge in [-0.3, -0.25) is 14.3 Å². The van der Waals surface area contributed by atoms with E-state index in [1.165, 1.54) is 0 Å². The Balaban J connectivity index is 1.41. The van der Waals surface area contributed by atoms with Gasteiger partial charge in [0, 0.05) is 55.3 Å². The molecular weight excluding hydrogens is 440 g/mol. The summed E-state index contributed by atoms with van der Waals surface area (Å²) in [4.78, 5) is 31.9. The SMILES string of the molecule is C=C/C=C(\C=C)c1ccc(C(=O)N2CC[C@@H](NC(=O)c3cc(-c4cnn(C)c4)cnc3N)C2)cc1. The van der Waals surface area contributed by atoms with Crippen LogP contribution < -0.4 is 11.1 Å². The lowest BCUT2D eigenvalue weighted by Gasteiger charge is -2.18. The molecule has 0 saturated carbocycles. The fourth-order valence-corrected chi connectivity index (χ4v) is 4.11. The van der Waals surface area contributed by atoms with Crippen molar-refractivity contribution in [2.24, 2.45) is 7.05 Å². The van der Waals surface area contributed by atoms with Crippen molar-refractivity contribution in [1.29, 1.82) is 0 Å². The van der Waals surface area contributed by atoms with Gasteiger partial charge in [-0.2, -0.15) is 5.10 Å². The molecule has 0 aliphatic carbocycles. The zero-order valence-corrected chi connectivity index (χ0v) is 19.6. The molecule has 1 saturated heterocycles. The Bertz CT molecular complexity index is 1310. The number of pyridine rings is 1. The highest BCUT2D eigenvalue weighted by molar-refractivity contribution is 6.00. The zero-order valence-electron chi connectivity index (χ0n) is 19.6. The molecule has 0 spiro atoms. The number of benzene rings is 1. The standard InChI is InChI=1S/C27H28N6O2/c1-4-6-18(5-2)19-7-9-20(10-8-19)27(35)33-12-11-23(17-33)31-26(34)24-13-21(14-29-25(24)28)22-15-30-32(3)16-22/h4-10,13-16,23H,1-2,11-12,17H2,3H3,(H2,28,29)(H,31,34)/b18-6+/t23-/m1/s1. The number of anilines is 1. The zero-order chi connectivity index (χ0) is 24.9. The molecule has 0 radical (unpaired) electrons. The van der Waals surface area contributed by atoms with Crippen LogP contribution in [0.25, 0.3) is 16.7 Å². The predicted octanol–water partition coefficient (Wildman–Crippen LogP) is 3.46. The largest absolute Gasteiger partial charge is 0.383 e. The van der Waals surface area contributed by atoms with Gasteiger partial charge in [-0.15, -0.1) is 0 Å². The molecule has 1 fully saturated rings. The molecule has 178 valence electrons. The van der Waals surface area contributed by atoms with Crippen LogP contribution in [0.3, 0.4) is 0 Å². The second kappa shape index (κ2) is 10.2. The van der Waals surface area contributed by atoms with E-state index >= 15 is 0 Å². The third kappa shape index (κ3) is 5.22. The topological polar surface area (TPSA) is 106 Å². The molecule has 8 nitrogen and oxygen atoms in total. The molecule has 2 aromatic heterocycles. The number of likely N-dealkylation sites (tertiary alicyclic amines) is 1. The molecule has 2 amide bonds. The summed E-state index contributed by atoms with van der Waals surface area (Å²) in [6.07, 6.45) is 11.1. The van der Waals surface area contributed by atoms with Crippen molar-refractivity contribution in [1.82, 2.24) is 25.0 Å². The number of aromatic nitrogens is 3. The molecule has 8 heteroatoms. The summed E-state index contributed by atoms with van der Waals surface area (Å²) >= 11 is 0. The Morgan fingerprint density at radius 3 is 2.54 bits per heavy atom. The van der Waals surface area contributed by atoms with E-state index in [0.29, 0.717) is 30.6 Å². The number of nitrogen functional groups attached to an aromatic ring is 1. The van der Waals surface area contributed by atoms with Crippen molar-refractivity contribution in [2.45, 2.75) is 12.5 Å². The first kappa shape index (κ1) is 23.7. The second-order valence-electron chi connectivity index (χ2n) is 8.41. The molecule has 4 rings (SSSR count). The lowest BCUT2D eigenvalue weighted by molar-refractivity contribution is 0.0783. The third-order valence-electron chi connectivity index (χ3n) is 5.99. The Labute approximate surface area is 204 Å². The summed E-state index contributed by atoms with van der Waals surface area (Å²) < 4.78 is 1.68. The van der Waals surface area contributed by atoms with Gasteiger partial charge in [0.15, 0.2) is 0 Å². The molecule has 0 bridgehead atoms. The van der Waals surface area contributed by atoms with Crippen molar-refractivity contribution >= 4 is 23.2 Å². The van der Waals surface area contributed by atoms with Gasteiger partial charge in [0.1, 0.15) is 5.82 Å². The normalized spacial score (nSPS) is 15.6. The minimum atomic E-state index is -0.310. The van der Waals surface area contributed by atoms with Crippen molar-refractivity contribution in [3.63, 3.8) is 0 Å². The number of amides is 2. The highest BCUT2D eigenvalue weighted by Gasteiger charge is 2.29. The number of carbonyl (C=O) groups excluding carboxylic acids is 2. The Kier molecular flexibility index (Phi) is 6.91. The van der Waals surface area contributed by atoms with Gasteiger partial charge in [-0.05, 0) is 35.8 Å². The average molecular weight is 469 g/mol. The first-order valence-electron chi connectivity index (χ1n) is 11.3. The number of aryl methyl sites for hydroxylation is 1. The van der Waals surface area contributed by atoms with E-state index in [-0.39, 0.29) is 23.7 Å². The van der Waals surface area contributed by atoms with Crippen molar-refractivity contribution in [2.75, 3.05) is 18.8 Å². The molecule has 3 aromatic rings. The number of carbonyl (C=O) groups is 2. The fraction of sp³-hybridized carbons (Fsp3) is 0.185. The van der Waals surface area contributed by atoms with Crippen LogP contribution in [-0.4, -0.2) is 50.6 Å². The van der Waals surface area contributed by atoms with E-state index < -0.39 is 0 Å². The minimum Gasteiger partial charge on any atom is -0.383 e. The summed E-state index contributed by atoms with van der Waals surface area (Å²) in [5.74, 6) is -0.221. The number of hydrogen-bond acceptors (Lipinski definition) is 5. The highest BCUT2D eigenvalue weighted by atomic mass is 16.2. The Morgan fingerprint density at radius 1 is 1.14 bits per heavy atom. The first-order chi connectivity index (χ1) is 16.9. The van der Waals surface area contributed by atoms with Crippen LogP contribution >= 0.6 is 0 Å². The van der Waals surface area contributed by atoms with Crippen LogP contribution in [0, 0.1) is 0 Å². The number of nitrogens with zero attached hydrogens (tertiary/aromatic N) is 4. The number of rotatable bonds is 7. The van der Waals surface area contributed by atoms with Crippen LogP contribution in [0.4, 0.5) is 5.82 Å². The Hall–Kier alpha value is -4.46. The highest BCUT2D eigenvalue weighted by Crippen LogP contribution is 2.23. The molecular formula is C27H28N6O2. The van der Waals surface area contributed by atoms with Crippen LogP contribution in [0.1, 0.15) is 32.7 Å². The summed E-state index contributed by atoms with van der Waals surface area (Å²) in [5, 5.41) is 7.16. The van der Waals surface area contributed by atoms with Crippen LogP contribution in [-0.2, 0) is 7.05 Å².